The molecule has 0 bridgehead atoms. The molecule has 1 fully saturated rings. The summed E-state index contributed by atoms with van der Waals surface area (Å²) in [5.74, 6) is -0.556. The number of morpholine rings is 1. The fourth-order valence-electron chi connectivity index (χ4n) is 2.74. The highest BCUT2D eigenvalue weighted by Crippen LogP contribution is 2.28. The maximum atomic E-state index is 12.2. The van der Waals surface area contributed by atoms with E-state index in [9.17, 15) is 9.59 Å². The molecule has 3 N–H and O–H groups in total. The van der Waals surface area contributed by atoms with Gasteiger partial charge in [-0.05, 0) is 23.8 Å². The van der Waals surface area contributed by atoms with Gasteiger partial charge in [-0.1, -0.05) is 30.3 Å². The number of carbonyl (C=O) groups is 2. The number of hydrogen-bond acceptors (Lipinski definition) is 5. The predicted octanol–water partition coefficient (Wildman–Crippen LogP) is 2.37. The van der Waals surface area contributed by atoms with Crippen LogP contribution in [0.25, 0.3) is 0 Å². The molecule has 1 heterocycles. The molecule has 1 aliphatic heterocycles. The molecule has 0 spiro atoms. The lowest BCUT2D eigenvalue weighted by molar-refractivity contribution is 0.1000. The van der Waals surface area contributed by atoms with E-state index in [0.29, 0.717) is 37.6 Å². The van der Waals surface area contributed by atoms with Gasteiger partial charge in [0.2, 0.25) is 5.91 Å². The molecular weight excluding hydrogens is 334 g/mol. The second-order valence-electron chi connectivity index (χ2n) is 5.88. The smallest absolute Gasteiger partial charge is 0.412 e. The molecule has 136 valence electrons. The van der Waals surface area contributed by atoms with Gasteiger partial charge in [0.15, 0.2) is 0 Å². The van der Waals surface area contributed by atoms with Crippen LogP contribution in [-0.2, 0) is 16.1 Å². The summed E-state index contributed by atoms with van der Waals surface area (Å²) in [6.45, 7) is 2.77. The number of ether oxygens (including phenoxy) is 2. The van der Waals surface area contributed by atoms with E-state index >= 15 is 0 Å². The Labute approximate surface area is 151 Å². The molecule has 7 heteroatoms. The Morgan fingerprint density at radius 1 is 1.12 bits per heavy atom. The van der Waals surface area contributed by atoms with Crippen molar-refractivity contribution in [2.24, 2.45) is 5.73 Å². The van der Waals surface area contributed by atoms with Crippen molar-refractivity contribution in [2.75, 3.05) is 36.5 Å². The zero-order valence-corrected chi connectivity index (χ0v) is 14.3. The normalized spacial score (nSPS) is 13.9. The van der Waals surface area contributed by atoms with Crippen LogP contribution in [0.1, 0.15) is 15.9 Å². The minimum atomic E-state index is -0.593. The second kappa shape index (κ2) is 8.35. The highest BCUT2D eigenvalue weighted by Gasteiger charge is 2.18. The van der Waals surface area contributed by atoms with Crippen molar-refractivity contribution in [2.45, 2.75) is 6.61 Å². The van der Waals surface area contributed by atoms with Crippen LogP contribution in [0.15, 0.2) is 48.5 Å². The van der Waals surface area contributed by atoms with Gasteiger partial charge in [0.05, 0.1) is 24.6 Å². The molecular formula is C19H21N3O4. The first-order valence-corrected chi connectivity index (χ1v) is 8.38. The largest absolute Gasteiger partial charge is 0.444 e. The maximum Gasteiger partial charge on any atom is 0.412 e. The van der Waals surface area contributed by atoms with Crippen LogP contribution in [0.5, 0.6) is 0 Å². The lowest BCUT2D eigenvalue weighted by Gasteiger charge is -2.30. The minimum absolute atomic E-state index is 0.162. The molecule has 2 aromatic rings. The summed E-state index contributed by atoms with van der Waals surface area (Å²) in [7, 11) is 0. The highest BCUT2D eigenvalue weighted by molar-refractivity contribution is 5.97. The van der Waals surface area contributed by atoms with Gasteiger partial charge < -0.3 is 20.1 Å². The Morgan fingerprint density at radius 3 is 2.54 bits per heavy atom. The molecule has 0 aromatic heterocycles. The van der Waals surface area contributed by atoms with Crippen molar-refractivity contribution in [3.05, 3.63) is 59.7 Å². The first kappa shape index (κ1) is 17.8. The number of benzene rings is 2. The van der Waals surface area contributed by atoms with Crippen LogP contribution in [0.4, 0.5) is 16.2 Å². The Kier molecular flexibility index (Phi) is 5.70. The van der Waals surface area contributed by atoms with Crippen LogP contribution in [0, 0.1) is 0 Å². The summed E-state index contributed by atoms with van der Waals surface area (Å²) in [4.78, 5) is 25.8. The number of rotatable bonds is 5. The van der Waals surface area contributed by atoms with Crippen LogP contribution in [-0.4, -0.2) is 38.3 Å². The van der Waals surface area contributed by atoms with Crippen LogP contribution >= 0.6 is 0 Å². The fourth-order valence-corrected chi connectivity index (χ4v) is 2.74. The zero-order chi connectivity index (χ0) is 18.4. The predicted molar refractivity (Wildman–Crippen MR) is 98.2 cm³/mol. The van der Waals surface area contributed by atoms with E-state index in [1.807, 2.05) is 30.3 Å². The zero-order valence-electron chi connectivity index (χ0n) is 14.3. The van der Waals surface area contributed by atoms with Gasteiger partial charge in [0.25, 0.3) is 0 Å². The average Bonchev–Trinajstić information content (AvgIpc) is 2.68. The molecule has 3 rings (SSSR count). The SMILES string of the molecule is NC(=O)c1ccc(N2CCOCC2)c(NC(=O)OCc2ccccc2)c1. The molecule has 26 heavy (non-hydrogen) atoms. The van der Waals surface area contributed by atoms with Gasteiger partial charge in [-0.25, -0.2) is 4.79 Å². The number of nitrogens with one attached hydrogen (secondary N) is 1. The van der Waals surface area contributed by atoms with E-state index in [1.54, 1.807) is 18.2 Å². The molecule has 1 aliphatic rings. The van der Waals surface area contributed by atoms with Crippen LogP contribution < -0.4 is 16.0 Å². The summed E-state index contributed by atoms with van der Waals surface area (Å²) in [6.07, 6.45) is -0.593. The first-order valence-electron chi connectivity index (χ1n) is 8.38. The third-order valence-electron chi connectivity index (χ3n) is 4.08. The van der Waals surface area contributed by atoms with Gasteiger partial charge in [0.1, 0.15) is 6.61 Å². The van der Waals surface area contributed by atoms with Crippen molar-refractivity contribution in [1.29, 1.82) is 0 Å². The van der Waals surface area contributed by atoms with E-state index < -0.39 is 12.0 Å². The molecule has 0 radical (unpaired) electrons. The molecule has 0 aliphatic carbocycles. The summed E-state index contributed by atoms with van der Waals surface area (Å²) in [6, 6.07) is 14.4. The maximum absolute atomic E-state index is 12.2. The monoisotopic (exact) mass is 355 g/mol. The van der Waals surface area contributed by atoms with E-state index in [1.165, 1.54) is 0 Å². The number of nitrogens with zero attached hydrogens (tertiary/aromatic N) is 1. The third-order valence-corrected chi connectivity index (χ3v) is 4.08. The number of amides is 2. The Hall–Kier alpha value is -3.06. The Balaban J connectivity index is 1.74. The molecule has 0 atom stereocenters. The first-order chi connectivity index (χ1) is 12.6. The van der Waals surface area contributed by atoms with E-state index in [-0.39, 0.29) is 6.61 Å². The Morgan fingerprint density at radius 2 is 1.85 bits per heavy atom. The number of primary amides is 1. The lowest BCUT2D eigenvalue weighted by Crippen LogP contribution is -2.37. The summed E-state index contributed by atoms with van der Waals surface area (Å²) < 4.78 is 10.6. The second-order valence-corrected chi connectivity index (χ2v) is 5.88. The summed E-state index contributed by atoms with van der Waals surface area (Å²) in [5.41, 5.74) is 7.86. The van der Waals surface area contributed by atoms with Gasteiger partial charge in [-0.15, -0.1) is 0 Å². The van der Waals surface area contributed by atoms with Gasteiger partial charge in [-0.3, -0.25) is 10.1 Å². The average molecular weight is 355 g/mol. The molecule has 0 saturated carbocycles. The van der Waals surface area contributed by atoms with Crippen molar-refractivity contribution in [1.82, 2.24) is 0 Å². The quantitative estimate of drug-likeness (QED) is 0.859. The highest BCUT2D eigenvalue weighted by atomic mass is 16.5. The van der Waals surface area contributed by atoms with Crippen molar-refractivity contribution < 1.29 is 19.1 Å². The van der Waals surface area contributed by atoms with E-state index in [2.05, 4.69) is 10.2 Å². The van der Waals surface area contributed by atoms with Crippen molar-refractivity contribution in [3.63, 3.8) is 0 Å². The topological polar surface area (TPSA) is 93.9 Å². The van der Waals surface area contributed by atoms with E-state index in [0.717, 1.165) is 11.3 Å². The van der Waals surface area contributed by atoms with Crippen LogP contribution in [0.3, 0.4) is 0 Å². The number of hydrogen-bond donors (Lipinski definition) is 2. The minimum Gasteiger partial charge on any atom is -0.444 e. The number of carbonyl (C=O) groups excluding carboxylic acids is 2. The number of nitrogens with two attached hydrogens (primary N) is 1. The molecule has 0 unspecified atom stereocenters. The molecule has 2 amide bonds. The molecule has 1 saturated heterocycles. The molecule has 7 nitrogen and oxygen atoms in total. The fraction of sp³-hybridized carbons (Fsp3) is 0.263. The standard InChI is InChI=1S/C19H21N3O4/c20-18(23)15-6-7-17(22-8-10-25-11-9-22)16(12-15)21-19(24)26-13-14-4-2-1-3-5-14/h1-7,12H,8-11,13H2,(H2,20,23)(H,21,24). The van der Waals surface area contributed by atoms with Crippen LogP contribution in [0.2, 0.25) is 0 Å². The number of anilines is 2. The Bertz CT molecular complexity index is 774. The van der Waals surface area contributed by atoms with Crippen molar-refractivity contribution >= 4 is 23.4 Å². The third kappa shape index (κ3) is 4.52. The van der Waals surface area contributed by atoms with Crippen molar-refractivity contribution in [3.8, 4) is 0 Å². The van der Waals surface area contributed by atoms with Gasteiger partial charge in [0, 0.05) is 18.7 Å². The summed E-state index contributed by atoms with van der Waals surface area (Å²) >= 11 is 0. The molecule has 2 aromatic carbocycles. The summed E-state index contributed by atoms with van der Waals surface area (Å²) in [5, 5.41) is 2.72. The van der Waals surface area contributed by atoms with Gasteiger partial charge >= 0.3 is 6.09 Å². The van der Waals surface area contributed by atoms with E-state index in [4.69, 9.17) is 15.2 Å². The lowest BCUT2D eigenvalue weighted by atomic mass is 10.1. The van der Waals surface area contributed by atoms with Gasteiger partial charge in [-0.2, -0.15) is 0 Å².